The largest absolute Gasteiger partial charge is 0.350 e. The van der Waals surface area contributed by atoms with Crippen molar-refractivity contribution in [2.24, 2.45) is 5.73 Å². The number of benzene rings is 1. The molecule has 4 aromatic rings. The number of amides is 1. The SMILES string of the molecule is CC(C)c1cnn2c(NCc3ccccc3-n3cc(C(=O)N4CCN(C)CC4)cn3)nc(N3CCC(N)CC3)nc12. The number of likely N-dealkylation sites (N-methyl/N-ethyl adjacent to an activating group) is 1. The highest BCUT2D eigenvalue weighted by atomic mass is 16.2. The Morgan fingerprint density at radius 3 is 2.54 bits per heavy atom. The number of nitrogens with zero attached hydrogens (tertiary/aromatic N) is 9. The zero-order chi connectivity index (χ0) is 28.5. The minimum Gasteiger partial charge on any atom is -0.350 e. The number of piperazine rings is 1. The van der Waals surface area contributed by atoms with Gasteiger partial charge in [-0.15, -0.1) is 0 Å². The Bertz CT molecular complexity index is 1510. The molecule has 2 aliphatic rings. The zero-order valence-corrected chi connectivity index (χ0v) is 24.1. The molecule has 0 radical (unpaired) electrons. The van der Waals surface area contributed by atoms with E-state index in [0.717, 1.165) is 74.6 Å². The molecular weight excluding hydrogens is 518 g/mol. The summed E-state index contributed by atoms with van der Waals surface area (Å²) in [7, 11) is 2.08. The van der Waals surface area contributed by atoms with Crippen molar-refractivity contribution in [1.82, 2.24) is 39.2 Å². The van der Waals surface area contributed by atoms with Crippen molar-refractivity contribution in [3.05, 3.63) is 59.5 Å². The fourth-order valence-corrected chi connectivity index (χ4v) is 5.46. The Kier molecular flexibility index (Phi) is 7.59. The Balaban J connectivity index is 1.25. The third-order valence-electron chi connectivity index (χ3n) is 8.12. The maximum absolute atomic E-state index is 13.1. The molecule has 2 aliphatic heterocycles. The van der Waals surface area contributed by atoms with Gasteiger partial charge in [0.1, 0.15) is 0 Å². The minimum atomic E-state index is 0.0224. The van der Waals surface area contributed by atoms with Gasteiger partial charge in [-0.25, -0.2) is 4.68 Å². The Morgan fingerprint density at radius 1 is 1.02 bits per heavy atom. The second kappa shape index (κ2) is 11.5. The summed E-state index contributed by atoms with van der Waals surface area (Å²) in [5, 5.41) is 12.7. The number of hydrogen-bond acceptors (Lipinski definition) is 9. The van der Waals surface area contributed by atoms with Gasteiger partial charge in [-0.2, -0.15) is 24.7 Å². The molecule has 2 fully saturated rings. The van der Waals surface area contributed by atoms with Crippen LogP contribution in [0.5, 0.6) is 0 Å². The number of hydrogen-bond donors (Lipinski definition) is 2. The molecule has 0 bridgehead atoms. The first kappa shape index (κ1) is 27.2. The third-order valence-corrected chi connectivity index (χ3v) is 8.12. The minimum absolute atomic E-state index is 0.0224. The first-order valence-corrected chi connectivity index (χ1v) is 14.5. The third kappa shape index (κ3) is 5.62. The quantitative estimate of drug-likeness (QED) is 0.352. The summed E-state index contributed by atoms with van der Waals surface area (Å²) in [6.07, 6.45) is 7.21. The number of nitrogens with two attached hydrogens (primary N) is 1. The van der Waals surface area contributed by atoms with Gasteiger partial charge in [-0.05, 0) is 37.4 Å². The molecule has 3 aromatic heterocycles. The van der Waals surface area contributed by atoms with Gasteiger partial charge in [0.15, 0.2) is 5.65 Å². The highest BCUT2D eigenvalue weighted by Gasteiger charge is 2.24. The fourth-order valence-electron chi connectivity index (χ4n) is 5.46. The van der Waals surface area contributed by atoms with Crippen LogP contribution in [0.4, 0.5) is 11.9 Å². The van der Waals surface area contributed by atoms with Gasteiger partial charge in [0, 0.05) is 63.6 Å². The van der Waals surface area contributed by atoms with E-state index in [1.165, 1.54) is 0 Å². The summed E-state index contributed by atoms with van der Waals surface area (Å²) in [4.78, 5) is 29.3. The van der Waals surface area contributed by atoms with E-state index in [-0.39, 0.29) is 17.9 Å². The first-order valence-electron chi connectivity index (χ1n) is 14.5. The van der Waals surface area contributed by atoms with Crippen LogP contribution in [0.25, 0.3) is 11.3 Å². The number of anilines is 2. The average molecular weight is 558 g/mol. The van der Waals surface area contributed by atoms with Crippen molar-refractivity contribution in [3.63, 3.8) is 0 Å². The standard InChI is InChI=1S/C29H39N11O/c1-20(2)24-18-33-40-26(24)34-29(38-10-8-23(30)9-11-38)35-28(40)31-16-21-6-4-5-7-25(21)39-19-22(17-32-39)27(41)37-14-12-36(3)13-15-37/h4-7,17-20,23H,8-16,30H2,1-3H3,(H,31,34,35). The molecule has 12 nitrogen and oxygen atoms in total. The number of para-hydroxylation sites is 1. The van der Waals surface area contributed by atoms with Crippen molar-refractivity contribution in [1.29, 1.82) is 0 Å². The van der Waals surface area contributed by atoms with Gasteiger partial charge in [0.25, 0.3) is 5.91 Å². The van der Waals surface area contributed by atoms with E-state index in [1.807, 2.05) is 35.5 Å². The van der Waals surface area contributed by atoms with Crippen LogP contribution in [-0.4, -0.2) is 97.4 Å². The molecule has 1 aromatic carbocycles. The predicted molar refractivity (Wildman–Crippen MR) is 159 cm³/mol. The number of aromatic nitrogens is 6. The summed E-state index contributed by atoms with van der Waals surface area (Å²) in [5.41, 5.74) is 10.6. The number of rotatable bonds is 7. The van der Waals surface area contributed by atoms with Crippen LogP contribution in [0.1, 0.15) is 54.1 Å². The van der Waals surface area contributed by atoms with Gasteiger partial charge < -0.3 is 25.8 Å². The fraction of sp³-hybridized carbons (Fsp3) is 0.483. The molecule has 5 heterocycles. The van der Waals surface area contributed by atoms with E-state index in [1.54, 1.807) is 15.4 Å². The highest BCUT2D eigenvalue weighted by molar-refractivity contribution is 5.94. The van der Waals surface area contributed by atoms with Crippen LogP contribution < -0.4 is 16.0 Å². The second-order valence-electron chi connectivity index (χ2n) is 11.4. The average Bonchev–Trinajstić information content (AvgIpc) is 3.65. The van der Waals surface area contributed by atoms with Gasteiger partial charge in [-0.3, -0.25) is 4.79 Å². The lowest BCUT2D eigenvalue weighted by atomic mass is 10.1. The van der Waals surface area contributed by atoms with Crippen LogP contribution in [0.3, 0.4) is 0 Å². The second-order valence-corrected chi connectivity index (χ2v) is 11.4. The van der Waals surface area contributed by atoms with Crippen LogP contribution in [0.15, 0.2) is 42.9 Å². The van der Waals surface area contributed by atoms with Crippen molar-refractivity contribution in [3.8, 4) is 5.69 Å². The lowest BCUT2D eigenvalue weighted by molar-refractivity contribution is 0.0664. The van der Waals surface area contributed by atoms with E-state index in [2.05, 4.69) is 52.3 Å². The smallest absolute Gasteiger partial charge is 0.257 e. The van der Waals surface area contributed by atoms with Gasteiger partial charge in [0.05, 0.1) is 23.6 Å². The van der Waals surface area contributed by atoms with E-state index >= 15 is 0 Å². The topological polar surface area (TPSA) is 126 Å². The Labute approximate surface area is 240 Å². The number of piperidine rings is 1. The molecule has 12 heteroatoms. The molecule has 0 spiro atoms. The van der Waals surface area contributed by atoms with E-state index < -0.39 is 0 Å². The first-order chi connectivity index (χ1) is 19.9. The maximum atomic E-state index is 13.1. The highest BCUT2D eigenvalue weighted by Crippen LogP contribution is 2.25. The maximum Gasteiger partial charge on any atom is 0.257 e. The number of nitrogens with one attached hydrogen (secondary N) is 1. The Morgan fingerprint density at radius 2 is 1.78 bits per heavy atom. The van der Waals surface area contributed by atoms with Crippen LogP contribution in [0, 0.1) is 0 Å². The molecule has 6 rings (SSSR count). The van der Waals surface area contributed by atoms with Gasteiger partial charge in [-0.1, -0.05) is 32.0 Å². The molecule has 0 saturated carbocycles. The zero-order valence-electron chi connectivity index (χ0n) is 24.1. The molecular formula is C29H39N11O. The molecule has 2 saturated heterocycles. The molecule has 41 heavy (non-hydrogen) atoms. The number of carbonyl (C=O) groups excluding carboxylic acids is 1. The lowest BCUT2D eigenvalue weighted by Crippen LogP contribution is -2.47. The van der Waals surface area contributed by atoms with E-state index in [4.69, 9.17) is 15.7 Å². The predicted octanol–water partition coefficient (Wildman–Crippen LogP) is 2.36. The summed E-state index contributed by atoms with van der Waals surface area (Å²) in [5.74, 6) is 1.63. The van der Waals surface area contributed by atoms with E-state index in [9.17, 15) is 4.79 Å². The summed E-state index contributed by atoms with van der Waals surface area (Å²) >= 11 is 0. The van der Waals surface area contributed by atoms with E-state index in [0.29, 0.717) is 24.0 Å². The normalized spacial score (nSPS) is 17.1. The molecule has 216 valence electrons. The van der Waals surface area contributed by atoms with Crippen LogP contribution in [0.2, 0.25) is 0 Å². The number of fused-ring (bicyclic) bond motifs is 1. The van der Waals surface area contributed by atoms with Crippen molar-refractivity contribution in [2.45, 2.75) is 45.2 Å². The molecule has 0 atom stereocenters. The Hall–Kier alpha value is -4.03. The summed E-state index contributed by atoms with van der Waals surface area (Å²) in [6, 6.07) is 8.28. The van der Waals surface area contributed by atoms with Crippen LogP contribution in [-0.2, 0) is 6.54 Å². The molecule has 0 aliphatic carbocycles. The molecule has 0 unspecified atom stereocenters. The van der Waals surface area contributed by atoms with Gasteiger partial charge in [0.2, 0.25) is 11.9 Å². The van der Waals surface area contributed by atoms with Crippen molar-refractivity contribution >= 4 is 23.5 Å². The van der Waals surface area contributed by atoms with Crippen LogP contribution >= 0.6 is 0 Å². The number of carbonyl (C=O) groups is 1. The lowest BCUT2D eigenvalue weighted by Gasteiger charge is -2.32. The summed E-state index contributed by atoms with van der Waals surface area (Å²) < 4.78 is 3.57. The molecule has 1 amide bonds. The van der Waals surface area contributed by atoms with Crippen molar-refractivity contribution < 1.29 is 4.79 Å². The van der Waals surface area contributed by atoms with Gasteiger partial charge >= 0.3 is 0 Å². The van der Waals surface area contributed by atoms with Crippen molar-refractivity contribution in [2.75, 3.05) is 56.5 Å². The molecule has 3 N–H and O–H groups in total. The summed E-state index contributed by atoms with van der Waals surface area (Å²) in [6.45, 7) is 9.67. The monoisotopic (exact) mass is 557 g/mol.